The maximum Gasteiger partial charge on any atom is 0.135 e. The van der Waals surface area contributed by atoms with Gasteiger partial charge in [-0.15, -0.1) is 0 Å². The molecule has 2 heterocycles. The first kappa shape index (κ1) is 32.8. The van der Waals surface area contributed by atoms with E-state index in [1.165, 1.54) is 22.3 Å². The highest BCUT2D eigenvalue weighted by atomic mass is 16.3. The summed E-state index contributed by atoms with van der Waals surface area (Å²) in [4.78, 5) is 2.42. The lowest BCUT2D eigenvalue weighted by atomic mass is 9.92. The highest BCUT2D eigenvalue weighted by Crippen LogP contribution is 2.49. The van der Waals surface area contributed by atoms with Crippen LogP contribution in [0.4, 0.5) is 17.1 Å². The van der Waals surface area contributed by atoms with Crippen LogP contribution in [0.5, 0.6) is 0 Å². The van der Waals surface area contributed by atoms with E-state index in [0.29, 0.717) is 0 Å². The van der Waals surface area contributed by atoms with E-state index in [1.54, 1.807) is 0 Å². The third-order valence-electron chi connectivity index (χ3n) is 11.1. The molecule has 0 N–H and O–H groups in total. The smallest absolute Gasteiger partial charge is 0.135 e. The van der Waals surface area contributed by atoms with Crippen molar-refractivity contribution < 1.29 is 8.83 Å². The summed E-state index contributed by atoms with van der Waals surface area (Å²) in [6.07, 6.45) is 0. The molecule has 0 atom stereocenters. The SMILES string of the molecule is c1ccc(-c2ccc(-c3cccc(-c4ccc(-c5ccccc5)cc4)c3N(c3ccc4oc5ccccc5c4c3)c3ccc4oc5ccccc5c4c3)cc2)cc1. The van der Waals surface area contributed by atoms with Crippen LogP contribution in [-0.2, 0) is 0 Å². The molecular formula is C54H35NO2. The first-order valence-corrected chi connectivity index (χ1v) is 19.3. The third-order valence-corrected chi connectivity index (χ3v) is 11.1. The highest BCUT2D eigenvalue weighted by molar-refractivity contribution is 6.10. The lowest BCUT2D eigenvalue weighted by molar-refractivity contribution is 0.668. The second kappa shape index (κ2) is 13.6. The molecule has 0 aliphatic heterocycles. The van der Waals surface area contributed by atoms with Crippen LogP contribution >= 0.6 is 0 Å². The zero-order valence-electron chi connectivity index (χ0n) is 31.0. The number of nitrogens with zero attached hydrogens (tertiary/aromatic N) is 1. The van der Waals surface area contributed by atoms with Gasteiger partial charge in [-0.25, -0.2) is 0 Å². The van der Waals surface area contributed by atoms with E-state index in [2.05, 4.69) is 193 Å². The number of benzene rings is 9. The fourth-order valence-electron chi connectivity index (χ4n) is 8.31. The van der Waals surface area contributed by atoms with E-state index < -0.39 is 0 Å². The van der Waals surface area contributed by atoms with Crippen molar-refractivity contribution in [1.82, 2.24) is 0 Å². The first-order valence-electron chi connectivity index (χ1n) is 19.3. The Morgan fingerprint density at radius 3 is 1.09 bits per heavy atom. The molecule has 0 saturated carbocycles. The summed E-state index contributed by atoms with van der Waals surface area (Å²) >= 11 is 0. The van der Waals surface area contributed by atoms with Crippen LogP contribution in [0.3, 0.4) is 0 Å². The summed E-state index contributed by atoms with van der Waals surface area (Å²) in [5, 5.41) is 4.32. The van der Waals surface area contributed by atoms with E-state index in [0.717, 1.165) is 83.2 Å². The van der Waals surface area contributed by atoms with Crippen LogP contribution in [0.2, 0.25) is 0 Å². The lowest BCUT2D eigenvalue weighted by Crippen LogP contribution is -2.12. The maximum atomic E-state index is 6.34. The Kier molecular flexibility index (Phi) is 7.82. The lowest BCUT2D eigenvalue weighted by Gasteiger charge is -2.30. The fourth-order valence-corrected chi connectivity index (χ4v) is 8.31. The molecule has 0 bridgehead atoms. The van der Waals surface area contributed by atoms with Crippen molar-refractivity contribution in [3.8, 4) is 44.5 Å². The molecule has 9 aromatic carbocycles. The van der Waals surface area contributed by atoms with E-state index in [1.807, 2.05) is 24.3 Å². The predicted octanol–water partition coefficient (Wildman–Crippen LogP) is 15.6. The van der Waals surface area contributed by atoms with Gasteiger partial charge >= 0.3 is 0 Å². The number of fused-ring (bicyclic) bond motifs is 6. The monoisotopic (exact) mass is 729 g/mol. The molecule has 0 aliphatic rings. The Hall–Kier alpha value is -7.62. The van der Waals surface area contributed by atoms with Crippen molar-refractivity contribution in [2.45, 2.75) is 0 Å². The molecular weight excluding hydrogens is 695 g/mol. The highest BCUT2D eigenvalue weighted by Gasteiger charge is 2.24. The Balaban J connectivity index is 1.18. The fraction of sp³-hybridized carbons (Fsp3) is 0. The van der Waals surface area contributed by atoms with Gasteiger partial charge in [0.05, 0.1) is 5.69 Å². The van der Waals surface area contributed by atoms with Crippen LogP contribution in [-0.4, -0.2) is 0 Å². The molecule has 0 amide bonds. The number of rotatable bonds is 7. The molecule has 0 unspecified atom stereocenters. The number of furan rings is 2. The Labute approximate surface area is 330 Å². The molecule has 11 rings (SSSR count). The van der Waals surface area contributed by atoms with Gasteiger partial charge in [0.2, 0.25) is 0 Å². The largest absolute Gasteiger partial charge is 0.456 e. The van der Waals surface area contributed by atoms with E-state index >= 15 is 0 Å². The standard InChI is InChI=1S/C54H35NO2/c1-3-12-36(13-4-1)38-22-26-40(27-23-38)44-18-11-19-45(41-28-24-39(25-29-41)37-14-5-2-6-15-37)54(44)55(42-30-32-52-48(34-42)46-16-7-9-20-50(46)56-52)43-31-33-53-49(35-43)47-17-8-10-21-51(47)57-53/h1-35H. The van der Waals surface area contributed by atoms with Crippen molar-refractivity contribution in [1.29, 1.82) is 0 Å². The summed E-state index contributed by atoms with van der Waals surface area (Å²) < 4.78 is 12.7. The Bertz CT molecular complexity index is 3000. The average molecular weight is 730 g/mol. The van der Waals surface area contributed by atoms with Crippen molar-refractivity contribution in [2.24, 2.45) is 0 Å². The minimum absolute atomic E-state index is 0.859. The van der Waals surface area contributed by atoms with Crippen LogP contribution in [0.25, 0.3) is 88.4 Å². The molecule has 3 heteroatoms. The average Bonchev–Trinajstić information content (AvgIpc) is 3.85. The summed E-state index contributed by atoms with van der Waals surface area (Å²) in [6.45, 7) is 0. The van der Waals surface area contributed by atoms with Gasteiger partial charge in [-0.3, -0.25) is 0 Å². The van der Waals surface area contributed by atoms with Crippen molar-refractivity contribution >= 4 is 60.9 Å². The maximum absolute atomic E-state index is 6.34. The van der Waals surface area contributed by atoms with E-state index in [9.17, 15) is 0 Å². The third kappa shape index (κ3) is 5.76. The van der Waals surface area contributed by atoms with Crippen molar-refractivity contribution in [2.75, 3.05) is 4.90 Å². The van der Waals surface area contributed by atoms with Gasteiger partial charge in [0, 0.05) is 44.0 Å². The molecule has 2 aromatic heterocycles. The second-order valence-corrected chi connectivity index (χ2v) is 14.5. The number of hydrogen-bond acceptors (Lipinski definition) is 3. The molecule has 3 nitrogen and oxygen atoms in total. The number of anilines is 3. The van der Waals surface area contributed by atoms with E-state index in [-0.39, 0.29) is 0 Å². The summed E-state index contributed by atoms with van der Waals surface area (Å²) in [5.41, 5.74) is 15.8. The predicted molar refractivity (Wildman–Crippen MR) is 237 cm³/mol. The molecule has 0 aliphatic carbocycles. The Morgan fingerprint density at radius 2 is 0.632 bits per heavy atom. The minimum Gasteiger partial charge on any atom is -0.456 e. The summed E-state index contributed by atoms with van der Waals surface area (Å²) in [5.74, 6) is 0. The Morgan fingerprint density at radius 1 is 0.263 bits per heavy atom. The summed E-state index contributed by atoms with van der Waals surface area (Å²) in [7, 11) is 0. The number of para-hydroxylation sites is 3. The quantitative estimate of drug-likeness (QED) is 0.164. The molecule has 0 fully saturated rings. The molecule has 0 saturated heterocycles. The zero-order chi connectivity index (χ0) is 37.7. The van der Waals surface area contributed by atoms with Crippen LogP contribution < -0.4 is 4.90 Å². The topological polar surface area (TPSA) is 29.5 Å². The normalized spacial score (nSPS) is 11.5. The van der Waals surface area contributed by atoms with Gasteiger partial charge in [-0.1, -0.05) is 164 Å². The minimum atomic E-state index is 0.859. The van der Waals surface area contributed by atoms with E-state index in [4.69, 9.17) is 8.83 Å². The number of hydrogen-bond donors (Lipinski definition) is 0. The van der Waals surface area contributed by atoms with Crippen LogP contribution in [0.15, 0.2) is 221 Å². The first-order chi connectivity index (χ1) is 28.2. The van der Waals surface area contributed by atoms with Gasteiger partial charge in [0.15, 0.2) is 0 Å². The molecule has 0 spiro atoms. The van der Waals surface area contributed by atoms with Gasteiger partial charge in [-0.2, -0.15) is 0 Å². The summed E-state index contributed by atoms with van der Waals surface area (Å²) in [6, 6.07) is 75.4. The second-order valence-electron chi connectivity index (χ2n) is 14.5. The molecule has 0 radical (unpaired) electrons. The van der Waals surface area contributed by atoms with Crippen LogP contribution in [0, 0.1) is 0 Å². The molecule has 57 heavy (non-hydrogen) atoms. The molecule has 11 aromatic rings. The molecule has 268 valence electrons. The van der Waals surface area contributed by atoms with Crippen LogP contribution in [0.1, 0.15) is 0 Å². The van der Waals surface area contributed by atoms with Gasteiger partial charge < -0.3 is 13.7 Å². The van der Waals surface area contributed by atoms with Gasteiger partial charge in [0.1, 0.15) is 22.3 Å². The van der Waals surface area contributed by atoms with Crippen molar-refractivity contribution in [3.05, 3.63) is 212 Å². The van der Waals surface area contributed by atoms with Gasteiger partial charge in [-0.05, 0) is 81.9 Å². The van der Waals surface area contributed by atoms with Crippen molar-refractivity contribution in [3.63, 3.8) is 0 Å². The van der Waals surface area contributed by atoms with Gasteiger partial charge in [0.25, 0.3) is 0 Å². The zero-order valence-corrected chi connectivity index (χ0v) is 31.0.